The fraction of sp³-hybridized carbons (Fsp3) is 0.286. The van der Waals surface area contributed by atoms with Crippen LogP contribution in [-0.2, 0) is 11.2 Å². The molecule has 0 bridgehead atoms. The Hall–Kier alpha value is -2.93. The molecule has 3 aromatic rings. The Bertz CT molecular complexity index is 903. The minimum absolute atomic E-state index is 0.197. The Kier molecular flexibility index (Phi) is 5.53. The molecule has 0 radical (unpaired) electrons. The lowest BCUT2D eigenvalue weighted by Crippen LogP contribution is -2.49. The maximum atomic E-state index is 12.4. The maximum absolute atomic E-state index is 12.4. The molecule has 144 valence electrons. The van der Waals surface area contributed by atoms with Crippen molar-refractivity contribution in [2.45, 2.75) is 6.42 Å². The molecule has 0 unspecified atom stereocenters. The van der Waals surface area contributed by atoms with Crippen molar-refractivity contribution < 1.29 is 9.53 Å². The van der Waals surface area contributed by atoms with Gasteiger partial charge in [-0.05, 0) is 47.8 Å². The molecule has 0 N–H and O–H groups in total. The molecular formula is C21H22N4O2S. The number of ether oxygens (including phenoxy) is 1. The number of carbonyl (C=O) groups excluding carboxylic acids is 1. The smallest absolute Gasteiger partial charge is 0.227 e. The molecule has 6 nitrogen and oxygen atoms in total. The fourth-order valence-electron chi connectivity index (χ4n) is 3.27. The van der Waals surface area contributed by atoms with Gasteiger partial charge in [0.15, 0.2) is 5.82 Å². The summed E-state index contributed by atoms with van der Waals surface area (Å²) in [7, 11) is 1.65. The Balaban J connectivity index is 1.34. The number of aromatic nitrogens is 2. The normalized spacial score (nSPS) is 14.2. The van der Waals surface area contributed by atoms with Crippen molar-refractivity contribution in [3.05, 3.63) is 58.8 Å². The zero-order valence-corrected chi connectivity index (χ0v) is 16.6. The standard InChI is InChI=1S/C21H22N4O2S/c1-27-17-6-4-16(5-7-17)19-8-9-20(23-22-19)24-10-12-25(13-11-24)21(26)15-18-3-2-14-28-18/h2-9,14H,10-13,15H2,1H3. The summed E-state index contributed by atoms with van der Waals surface area (Å²) in [6, 6.07) is 15.8. The number of rotatable bonds is 5. The number of thiophene rings is 1. The number of anilines is 1. The van der Waals surface area contributed by atoms with Crippen LogP contribution in [0, 0.1) is 0 Å². The molecular weight excluding hydrogens is 372 g/mol. The number of methoxy groups -OCH3 is 1. The van der Waals surface area contributed by atoms with Gasteiger partial charge in [-0.15, -0.1) is 21.5 Å². The molecule has 1 saturated heterocycles. The third-order valence-corrected chi connectivity index (χ3v) is 5.77. The lowest BCUT2D eigenvalue weighted by atomic mass is 10.1. The van der Waals surface area contributed by atoms with Gasteiger partial charge in [-0.3, -0.25) is 4.79 Å². The quantitative estimate of drug-likeness (QED) is 0.666. The Morgan fingerprint density at radius 1 is 1.04 bits per heavy atom. The summed E-state index contributed by atoms with van der Waals surface area (Å²) < 4.78 is 5.19. The highest BCUT2D eigenvalue weighted by Gasteiger charge is 2.22. The number of piperazine rings is 1. The predicted molar refractivity (Wildman–Crippen MR) is 111 cm³/mol. The van der Waals surface area contributed by atoms with E-state index in [9.17, 15) is 4.79 Å². The van der Waals surface area contributed by atoms with E-state index in [4.69, 9.17) is 4.74 Å². The lowest BCUT2D eigenvalue weighted by molar-refractivity contribution is -0.130. The summed E-state index contributed by atoms with van der Waals surface area (Å²) >= 11 is 1.63. The summed E-state index contributed by atoms with van der Waals surface area (Å²) in [5, 5.41) is 10.8. The van der Waals surface area contributed by atoms with Crippen LogP contribution in [-0.4, -0.2) is 54.3 Å². The van der Waals surface area contributed by atoms with Crippen molar-refractivity contribution in [3.8, 4) is 17.0 Å². The number of benzene rings is 1. The van der Waals surface area contributed by atoms with Crippen LogP contribution in [0.2, 0.25) is 0 Å². The van der Waals surface area contributed by atoms with E-state index in [1.807, 2.05) is 58.8 Å². The molecule has 0 aliphatic carbocycles. The van der Waals surface area contributed by atoms with Crippen LogP contribution in [0.3, 0.4) is 0 Å². The molecule has 2 aromatic heterocycles. The van der Waals surface area contributed by atoms with E-state index in [0.29, 0.717) is 19.5 Å². The first-order valence-electron chi connectivity index (χ1n) is 9.26. The molecule has 0 saturated carbocycles. The van der Waals surface area contributed by atoms with Gasteiger partial charge in [0.05, 0.1) is 19.2 Å². The maximum Gasteiger partial charge on any atom is 0.227 e. The van der Waals surface area contributed by atoms with Crippen LogP contribution < -0.4 is 9.64 Å². The van der Waals surface area contributed by atoms with Crippen LogP contribution >= 0.6 is 11.3 Å². The van der Waals surface area contributed by atoms with E-state index >= 15 is 0 Å². The van der Waals surface area contributed by atoms with E-state index in [0.717, 1.165) is 40.8 Å². The number of hydrogen-bond acceptors (Lipinski definition) is 6. The summed E-state index contributed by atoms with van der Waals surface area (Å²) in [5.74, 6) is 1.87. The first-order chi connectivity index (χ1) is 13.7. The van der Waals surface area contributed by atoms with E-state index in [1.165, 1.54) is 0 Å². The monoisotopic (exact) mass is 394 g/mol. The van der Waals surface area contributed by atoms with Gasteiger partial charge >= 0.3 is 0 Å². The topological polar surface area (TPSA) is 58.6 Å². The van der Waals surface area contributed by atoms with E-state index in [-0.39, 0.29) is 5.91 Å². The molecule has 1 fully saturated rings. The number of hydrogen-bond donors (Lipinski definition) is 0. The van der Waals surface area contributed by atoms with Gasteiger partial charge in [0.1, 0.15) is 5.75 Å². The third kappa shape index (κ3) is 4.14. The van der Waals surface area contributed by atoms with Crippen LogP contribution in [0.1, 0.15) is 4.88 Å². The van der Waals surface area contributed by atoms with E-state index in [1.54, 1.807) is 18.4 Å². The minimum atomic E-state index is 0.197. The Morgan fingerprint density at radius 3 is 2.43 bits per heavy atom. The van der Waals surface area contributed by atoms with Crippen LogP contribution in [0.25, 0.3) is 11.3 Å². The molecule has 0 spiro atoms. The van der Waals surface area contributed by atoms with Gasteiger partial charge in [0.25, 0.3) is 0 Å². The second-order valence-corrected chi connectivity index (χ2v) is 7.66. The first-order valence-corrected chi connectivity index (χ1v) is 10.1. The van der Waals surface area contributed by atoms with Gasteiger partial charge in [0.2, 0.25) is 5.91 Å². The highest BCUT2D eigenvalue weighted by molar-refractivity contribution is 7.10. The van der Waals surface area contributed by atoms with Crippen molar-refractivity contribution in [1.29, 1.82) is 0 Å². The van der Waals surface area contributed by atoms with E-state index < -0.39 is 0 Å². The average molecular weight is 395 g/mol. The second-order valence-electron chi connectivity index (χ2n) is 6.63. The molecule has 28 heavy (non-hydrogen) atoms. The molecule has 1 aliphatic heterocycles. The fourth-order valence-corrected chi connectivity index (χ4v) is 3.96. The Morgan fingerprint density at radius 2 is 1.82 bits per heavy atom. The van der Waals surface area contributed by atoms with Crippen molar-refractivity contribution in [2.75, 3.05) is 38.2 Å². The van der Waals surface area contributed by atoms with Gasteiger partial charge in [-0.25, -0.2) is 0 Å². The summed E-state index contributed by atoms with van der Waals surface area (Å²) in [6.45, 7) is 2.97. The van der Waals surface area contributed by atoms with Crippen molar-refractivity contribution in [1.82, 2.24) is 15.1 Å². The van der Waals surface area contributed by atoms with Crippen molar-refractivity contribution in [3.63, 3.8) is 0 Å². The minimum Gasteiger partial charge on any atom is -0.497 e. The summed E-state index contributed by atoms with van der Waals surface area (Å²) in [4.78, 5) is 17.7. The van der Waals surface area contributed by atoms with Crippen molar-refractivity contribution in [2.24, 2.45) is 0 Å². The van der Waals surface area contributed by atoms with Crippen molar-refractivity contribution >= 4 is 23.1 Å². The van der Waals surface area contributed by atoms with Crippen LogP contribution in [0.15, 0.2) is 53.9 Å². The lowest BCUT2D eigenvalue weighted by Gasteiger charge is -2.35. The Labute approximate surface area is 168 Å². The second kappa shape index (κ2) is 8.39. The van der Waals surface area contributed by atoms with Gasteiger partial charge in [-0.1, -0.05) is 6.07 Å². The summed E-state index contributed by atoms with van der Waals surface area (Å²) in [6.07, 6.45) is 0.494. The zero-order chi connectivity index (χ0) is 19.3. The number of amides is 1. The predicted octanol–water partition coefficient (Wildman–Crippen LogP) is 3.11. The SMILES string of the molecule is COc1ccc(-c2ccc(N3CCN(C(=O)Cc4cccs4)CC3)nn2)cc1. The molecule has 3 heterocycles. The first kappa shape index (κ1) is 18.4. The molecule has 7 heteroatoms. The molecule has 1 aliphatic rings. The van der Waals surface area contributed by atoms with Crippen LogP contribution in [0.5, 0.6) is 5.75 Å². The highest BCUT2D eigenvalue weighted by Crippen LogP contribution is 2.22. The average Bonchev–Trinajstić information content (AvgIpc) is 3.27. The molecule has 4 rings (SSSR count). The third-order valence-electron chi connectivity index (χ3n) is 4.90. The molecule has 1 aromatic carbocycles. The van der Waals surface area contributed by atoms with Gasteiger partial charge < -0.3 is 14.5 Å². The number of carbonyl (C=O) groups is 1. The van der Waals surface area contributed by atoms with Crippen LogP contribution in [0.4, 0.5) is 5.82 Å². The highest BCUT2D eigenvalue weighted by atomic mass is 32.1. The number of nitrogens with zero attached hydrogens (tertiary/aromatic N) is 4. The van der Waals surface area contributed by atoms with Gasteiger partial charge in [-0.2, -0.15) is 0 Å². The molecule has 1 amide bonds. The zero-order valence-electron chi connectivity index (χ0n) is 15.7. The summed E-state index contributed by atoms with van der Waals surface area (Å²) in [5.41, 5.74) is 1.83. The largest absolute Gasteiger partial charge is 0.497 e. The van der Waals surface area contributed by atoms with E-state index in [2.05, 4.69) is 15.1 Å². The molecule has 0 atom stereocenters. The van der Waals surface area contributed by atoms with Gasteiger partial charge in [0, 0.05) is 36.6 Å².